The molecule has 0 spiro atoms. The summed E-state index contributed by atoms with van der Waals surface area (Å²) in [6.07, 6.45) is 0. The van der Waals surface area contributed by atoms with E-state index < -0.39 is 34.9 Å². The molecule has 1 aromatic heterocycles. The molecular weight excluding hydrogens is 518 g/mol. The maximum Gasteiger partial charge on any atom is 0.255 e. The third-order valence-corrected chi connectivity index (χ3v) is 6.07. The van der Waals surface area contributed by atoms with Gasteiger partial charge in [0.15, 0.2) is 28.9 Å². The third-order valence-electron chi connectivity index (χ3n) is 6.07. The number of amides is 1. The number of aromatic nitrogens is 2. The highest BCUT2D eigenvalue weighted by atomic mass is 19.2. The van der Waals surface area contributed by atoms with Crippen molar-refractivity contribution in [3.63, 3.8) is 0 Å². The van der Waals surface area contributed by atoms with E-state index in [4.69, 9.17) is 14.2 Å². The first-order valence-electron chi connectivity index (χ1n) is 11.7. The minimum absolute atomic E-state index is 0.105. The molecule has 0 unspecified atom stereocenters. The molecule has 0 fully saturated rings. The molecule has 0 aliphatic rings. The molecule has 0 aliphatic carbocycles. The quantitative estimate of drug-likeness (QED) is 0.209. The highest BCUT2D eigenvalue weighted by Crippen LogP contribution is 2.29. The summed E-state index contributed by atoms with van der Waals surface area (Å²) in [5, 5.41) is 7.41. The number of hydrogen-bond acceptors (Lipinski definition) is 5. The van der Waals surface area contributed by atoms with Crippen LogP contribution >= 0.6 is 0 Å². The molecule has 0 atom stereocenters. The number of nitrogens with zero attached hydrogens (tertiary/aromatic N) is 2. The minimum atomic E-state index is -1.62. The Morgan fingerprint density at radius 2 is 1.49 bits per heavy atom. The lowest BCUT2D eigenvalue weighted by Crippen LogP contribution is -2.13. The molecule has 4 rings (SSSR count). The maximum absolute atomic E-state index is 13.8. The molecule has 1 amide bonds. The Morgan fingerprint density at radius 1 is 0.872 bits per heavy atom. The number of carbonyl (C=O) groups is 1. The maximum atomic E-state index is 13.8. The minimum Gasteiger partial charge on any atom is -0.493 e. The van der Waals surface area contributed by atoms with Crippen molar-refractivity contribution in [3.8, 4) is 17.2 Å². The second kappa shape index (κ2) is 11.5. The fourth-order valence-electron chi connectivity index (χ4n) is 3.96. The number of anilines is 1. The van der Waals surface area contributed by atoms with Crippen LogP contribution in [0.4, 0.5) is 23.2 Å². The number of hydrogen-bond donors (Lipinski definition) is 1. The summed E-state index contributed by atoms with van der Waals surface area (Å²) in [6, 6.07) is 11.6. The van der Waals surface area contributed by atoms with Gasteiger partial charge in [-0.1, -0.05) is 18.2 Å². The zero-order valence-electron chi connectivity index (χ0n) is 21.6. The van der Waals surface area contributed by atoms with Crippen molar-refractivity contribution in [2.75, 3.05) is 19.5 Å². The van der Waals surface area contributed by atoms with Crippen molar-refractivity contribution in [3.05, 3.63) is 99.9 Å². The number of ether oxygens (including phenoxy) is 3. The molecule has 204 valence electrons. The number of nitrogens with one attached hydrogen (secondary N) is 1. The van der Waals surface area contributed by atoms with E-state index in [1.165, 1.54) is 24.3 Å². The van der Waals surface area contributed by atoms with Gasteiger partial charge in [-0.3, -0.25) is 9.48 Å². The zero-order chi connectivity index (χ0) is 28.3. The van der Waals surface area contributed by atoms with E-state index in [1.807, 2.05) is 19.1 Å². The molecule has 0 radical (unpaired) electrons. The Labute approximate surface area is 221 Å². The van der Waals surface area contributed by atoms with Crippen molar-refractivity contribution in [2.24, 2.45) is 0 Å². The highest BCUT2D eigenvalue weighted by Gasteiger charge is 2.21. The molecule has 1 heterocycles. The van der Waals surface area contributed by atoms with Crippen LogP contribution in [0.3, 0.4) is 0 Å². The molecule has 11 heteroatoms. The van der Waals surface area contributed by atoms with Gasteiger partial charge in [-0.15, -0.1) is 0 Å². The molecule has 39 heavy (non-hydrogen) atoms. The van der Waals surface area contributed by atoms with Gasteiger partial charge >= 0.3 is 0 Å². The van der Waals surface area contributed by atoms with E-state index >= 15 is 0 Å². The lowest BCUT2D eigenvalue weighted by Gasteiger charge is -2.11. The third kappa shape index (κ3) is 5.82. The van der Waals surface area contributed by atoms with Crippen LogP contribution in [0.1, 0.15) is 32.9 Å². The Hall–Kier alpha value is -4.54. The summed E-state index contributed by atoms with van der Waals surface area (Å²) < 4.78 is 71.7. The van der Waals surface area contributed by atoms with Crippen LogP contribution in [0.15, 0.2) is 48.5 Å². The number of methoxy groups -OCH3 is 2. The van der Waals surface area contributed by atoms with Gasteiger partial charge in [0, 0.05) is 11.6 Å². The van der Waals surface area contributed by atoms with E-state index in [0.717, 1.165) is 11.3 Å². The Kier molecular flexibility index (Phi) is 8.08. The number of benzene rings is 3. The topological polar surface area (TPSA) is 74.6 Å². The molecule has 0 aliphatic heterocycles. The number of rotatable bonds is 9. The summed E-state index contributed by atoms with van der Waals surface area (Å²) in [5.74, 6) is -6.71. The standard InChI is InChI=1S/C28H25F4N3O4/c1-15-26(16(2)35(34-15)13-18-7-10-22(37-3)23(11-18)38-4)33-28(36)19-8-5-17(6-9-19)14-39-27-24(31)20(29)12-21(30)25(27)32/h5-12H,13-14H2,1-4H3,(H,33,36). The monoisotopic (exact) mass is 543 g/mol. The Balaban J connectivity index is 1.44. The fourth-order valence-corrected chi connectivity index (χ4v) is 3.96. The van der Waals surface area contributed by atoms with Crippen LogP contribution in [0.5, 0.6) is 17.2 Å². The lowest BCUT2D eigenvalue weighted by molar-refractivity contribution is 0.102. The summed E-state index contributed by atoms with van der Waals surface area (Å²) >= 11 is 0. The van der Waals surface area contributed by atoms with Crippen LogP contribution in [0.2, 0.25) is 0 Å². The van der Waals surface area contributed by atoms with Gasteiger partial charge in [-0.25, -0.2) is 8.78 Å². The second-order valence-electron chi connectivity index (χ2n) is 8.63. The summed E-state index contributed by atoms with van der Waals surface area (Å²) in [5.41, 5.74) is 3.58. The van der Waals surface area contributed by atoms with Crippen LogP contribution in [-0.4, -0.2) is 29.9 Å². The molecule has 0 bridgehead atoms. The van der Waals surface area contributed by atoms with Crippen LogP contribution < -0.4 is 19.5 Å². The van der Waals surface area contributed by atoms with Crippen LogP contribution in [0.25, 0.3) is 0 Å². The Morgan fingerprint density at radius 3 is 2.10 bits per heavy atom. The highest BCUT2D eigenvalue weighted by molar-refractivity contribution is 6.04. The first-order valence-corrected chi connectivity index (χ1v) is 11.7. The van der Waals surface area contributed by atoms with Gasteiger partial charge in [-0.05, 0) is 49.2 Å². The van der Waals surface area contributed by atoms with Crippen LogP contribution in [0, 0.1) is 37.1 Å². The van der Waals surface area contributed by atoms with E-state index in [0.29, 0.717) is 40.6 Å². The van der Waals surface area contributed by atoms with E-state index in [9.17, 15) is 22.4 Å². The normalized spacial score (nSPS) is 10.9. The van der Waals surface area contributed by atoms with E-state index in [2.05, 4.69) is 10.4 Å². The average Bonchev–Trinajstić information content (AvgIpc) is 3.19. The molecule has 0 saturated carbocycles. The number of aryl methyl sites for hydroxylation is 1. The van der Waals surface area contributed by atoms with Gasteiger partial charge in [0.1, 0.15) is 6.61 Å². The SMILES string of the molecule is COc1ccc(Cn2nc(C)c(NC(=O)c3ccc(COc4c(F)c(F)cc(F)c4F)cc3)c2C)cc1OC. The first kappa shape index (κ1) is 27.5. The number of halogens is 4. The Bertz CT molecular complexity index is 1490. The lowest BCUT2D eigenvalue weighted by atomic mass is 10.1. The average molecular weight is 544 g/mol. The van der Waals surface area contributed by atoms with Gasteiger partial charge in [0.05, 0.1) is 37.8 Å². The van der Waals surface area contributed by atoms with Crippen molar-refractivity contribution in [1.82, 2.24) is 9.78 Å². The van der Waals surface area contributed by atoms with E-state index in [-0.39, 0.29) is 12.7 Å². The predicted octanol–water partition coefficient (Wildman–Crippen LogP) is 5.95. The number of carbonyl (C=O) groups excluding carboxylic acids is 1. The summed E-state index contributed by atoms with van der Waals surface area (Å²) in [4.78, 5) is 12.9. The smallest absolute Gasteiger partial charge is 0.255 e. The van der Waals surface area contributed by atoms with Gasteiger partial charge in [-0.2, -0.15) is 13.9 Å². The van der Waals surface area contributed by atoms with Gasteiger partial charge in [0.25, 0.3) is 5.91 Å². The predicted molar refractivity (Wildman–Crippen MR) is 135 cm³/mol. The molecule has 0 saturated heterocycles. The summed E-state index contributed by atoms with van der Waals surface area (Å²) in [7, 11) is 3.12. The second-order valence-corrected chi connectivity index (χ2v) is 8.63. The van der Waals surface area contributed by atoms with Crippen molar-refractivity contribution in [1.29, 1.82) is 0 Å². The zero-order valence-corrected chi connectivity index (χ0v) is 21.6. The van der Waals surface area contributed by atoms with Gasteiger partial charge in [0.2, 0.25) is 11.6 Å². The van der Waals surface area contributed by atoms with Crippen molar-refractivity contribution < 1.29 is 36.6 Å². The summed E-state index contributed by atoms with van der Waals surface area (Å²) in [6.45, 7) is 3.68. The van der Waals surface area contributed by atoms with Crippen LogP contribution in [-0.2, 0) is 13.2 Å². The molecule has 7 nitrogen and oxygen atoms in total. The molecule has 1 N–H and O–H groups in total. The molecule has 4 aromatic rings. The largest absolute Gasteiger partial charge is 0.493 e. The molecule has 3 aromatic carbocycles. The van der Waals surface area contributed by atoms with Crippen molar-refractivity contribution >= 4 is 11.6 Å². The van der Waals surface area contributed by atoms with E-state index in [1.54, 1.807) is 31.9 Å². The van der Waals surface area contributed by atoms with Gasteiger partial charge < -0.3 is 19.5 Å². The fraction of sp³-hybridized carbons (Fsp3) is 0.214. The first-order chi connectivity index (χ1) is 18.6. The molecular formula is C28H25F4N3O4. The van der Waals surface area contributed by atoms with Crippen molar-refractivity contribution in [2.45, 2.75) is 27.0 Å².